The van der Waals surface area contributed by atoms with Crippen LogP contribution in [0.4, 0.5) is 0 Å². The topological polar surface area (TPSA) is 29.5 Å². The summed E-state index contributed by atoms with van der Waals surface area (Å²) in [6.07, 6.45) is 11.2. The molecule has 0 spiro atoms. The number of unbranched alkanes of at least 4 members (excludes halogenated alkanes) is 4. The highest BCUT2D eigenvalue weighted by Crippen LogP contribution is 2.13. The molecule has 2 nitrogen and oxygen atoms in total. The van der Waals surface area contributed by atoms with Crippen molar-refractivity contribution < 1.29 is 9.84 Å². The highest BCUT2D eigenvalue weighted by molar-refractivity contribution is 4.59. The van der Waals surface area contributed by atoms with Gasteiger partial charge in [0, 0.05) is 13.2 Å². The fraction of sp³-hybridized carbons (Fsp3) is 1.00. The van der Waals surface area contributed by atoms with E-state index in [1.807, 2.05) is 0 Å². The minimum Gasteiger partial charge on any atom is -0.396 e. The Morgan fingerprint density at radius 2 is 1.56 bits per heavy atom. The van der Waals surface area contributed by atoms with Crippen molar-refractivity contribution in [3.63, 3.8) is 0 Å². The molecular weight excluding hydrogens is 200 g/mol. The van der Waals surface area contributed by atoms with Crippen LogP contribution in [-0.4, -0.2) is 24.4 Å². The summed E-state index contributed by atoms with van der Waals surface area (Å²) >= 11 is 0. The van der Waals surface area contributed by atoms with Crippen molar-refractivity contribution in [3.05, 3.63) is 0 Å². The second-order valence-electron chi connectivity index (χ2n) is 4.56. The third-order valence-electron chi connectivity index (χ3n) is 2.92. The zero-order valence-corrected chi connectivity index (χ0v) is 11.2. The van der Waals surface area contributed by atoms with E-state index in [2.05, 4.69) is 13.8 Å². The smallest absolute Gasteiger partial charge is 0.0575 e. The third kappa shape index (κ3) is 10.4. The van der Waals surface area contributed by atoms with Crippen LogP contribution in [0.1, 0.15) is 71.6 Å². The molecule has 16 heavy (non-hydrogen) atoms. The van der Waals surface area contributed by atoms with Gasteiger partial charge in [0.1, 0.15) is 0 Å². The Hall–Kier alpha value is -0.0800. The molecule has 0 aromatic rings. The van der Waals surface area contributed by atoms with E-state index in [4.69, 9.17) is 9.84 Å². The van der Waals surface area contributed by atoms with Crippen LogP contribution in [0.15, 0.2) is 0 Å². The van der Waals surface area contributed by atoms with E-state index in [-0.39, 0.29) is 0 Å². The SMILES string of the molecule is CCCCCC(CCCC)OCCCCO. The summed E-state index contributed by atoms with van der Waals surface area (Å²) in [5, 5.41) is 8.69. The predicted molar refractivity (Wildman–Crippen MR) is 69.7 cm³/mol. The molecule has 0 saturated carbocycles. The predicted octanol–water partition coefficient (Wildman–Crippen LogP) is 3.91. The van der Waals surface area contributed by atoms with Crippen LogP contribution in [0.25, 0.3) is 0 Å². The molecule has 0 aromatic carbocycles. The molecule has 0 radical (unpaired) electrons. The van der Waals surface area contributed by atoms with E-state index in [1.54, 1.807) is 0 Å². The summed E-state index contributed by atoms with van der Waals surface area (Å²) in [6.45, 7) is 5.58. The standard InChI is InChI=1S/C14H30O2/c1-3-5-7-11-14(10-6-4-2)16-13-9-8-12-15/h14-15H,3-13H2,1-2H3. The maximum absolute atomic E-state index is 8.69. The van der Waals surface area contributed by atoms with Gasteiger partial charge in [-0.1, -0.05) is 46.0 Å². The summed E-state index contributed by atoms with van der Waals surface area (Å²) in [5.41, 5.74) is 0. The van der Waals surface area contributed by atoms with E-state index in [0.717, 1.165) is 19.4 Å². The average molecular weight is 230 g/mol. The van der Waals surface area contributed by atoms with Crippen LogP contribution in [0, 0.1) is 0 Å². The fourth-order valence-electron chi connectivity index (χ4n) is 1.83. The molecule has 0 rings (SSSR count). The monoisotopic (exact) mass is 230 g/mol. The Morgan fingerprint density at radius 1 is 0.875 bits per heavy atom. The molecule has 1 N–H and O–H groups in total. The molecule has 98 valence electrons. The molecule has 0 aliphatic carbocycles. The van der Waals surface area contributed by atoms with E-state index in [0.29, 0.717) is 12.7 Å². The number of aliphatic hydroxyl groups excluding tert-OH is 1. The molecule has 0 fully saturated rings. The molecule has 0 aromatic heterocycles. The summed E-state index contributed by atoms with van der Waals surface area (Å²) in [4.78, 5) is 0. The lowest BCUT2D eigenvalue weighted by Gasteiger charge is -2.17. The van der Waals surface area contributed by atoms with Crippen LogP contribution in [0.3, 0.4) is 0 Å². The van der Waals surface area contributed by atoms with Crippen LogP contribution < -0.4 is 0 Å². The van der Waals surface area contributed by atoms with Crippen molar-refractivity contribution >= 4 is 0 Å². The van der Waals surface area contributed by atoms with Crippen molar-refractivity contribution in [1.29, 1.82) is 0 Å². The maximum atomic E-state index is 8.69. The van der Waals surface area contributed by atoms with Gasteiger partial charge in [-0.2, -0.15) is 0 Å². The minimum atomic E-state index is 0.290. The lowest BCUT2D eigenvalue weighted by molar-refractivity contribution is 0.0346. The van der Waals surface area contributed by atoms with Crippen LogP contribution >= 0.6 is 0 Å². The van der Waals surface area contributed by atoms with Crippen molar-refractivity contribution in [1.82, 2.24) is 0 Å². The van der Waals surface area contributed by atoms with E-state index in [9.17, 15) is 0 Å². The van der Waals surface area contributed by atoms with Gasteiger partial charge < -0.3 is 9.84 Å². The second-order valence-corrected chi connectivity index (χ2v) is 4.56. The first-order valence-electron chi connectivity index (χ1n) is 7.07. The Balaban J connectivity index is 3.54. The molecular formula is C14H30O2. The van der Waals surface area contributed by atoms with Gasteiger partial charge in [-0.05, 0) is 25.7 Å². The van der Waals surface area contributed by atoms with Crippen LogP contribution in [0.5, 0.6) is 0 Å². The van der Waals surface area contributed by atoms with Gasteiger partial charge in [-0.3, -0.25) is 0 Å². The summed E-state index contributed by atoms with van der Waals surface area (Å²) in [6, 6.07) is 0. The minimum absolute atomic E-state index is 0.290. The van der Waals surface area contributed by atoms with Gasteiger partial charge in [0.2, 0.25) is 0 Å². The third-order valence-corrected chi connectivity index (χ3v) is 2.92. The zero-order valence-electron chi connectivity index (χ0n) is 11.2. The van der Waals surface area contributed by atoms with Crippen molar-refractivity contribution in [2.75, 3.05) is 13.2 Å². The van der Waals surface area contributed by atoms with Gasteiger partial charge in [-0.15, -0.1) is 0 Å². The Bertz CT molecular complexity index is 126. The van der Waals surface area contributed by atoms with Crippen molar-refractivity contribution in [2.24, 2.45) is 0 Å². The van der Waals surface area contributed by atoms with Gasteiger partial charge in [0.15, 0.2) is 0 Å². The number of hydrogen-bond donors (Lipinski definition) is 1. The fourth-order valence-corrected chi connectivity index (χ4v) is 1.83. The van der Waals surface area contributed by atoms with E-state index in [1.165, 1.54) is 44.9 Å². The molecule has 0 amide bonds. The summed E-state index contributed by atoms with van der Waals surface area (Å²) < 4.78 is 5.88. The molecule has 1 atom stereocenters. The molecule has 0 heterocycles. The largest absolute Gasteiger partial charge is 0.396 e. The highest BCUT2D eigenvalue weighted by Gasteiger charge is 2.07. The quantitative estimate of drug-likeness (QED) is 0.515. The molecule has 1 unspecified atom stereocenters. The summed E-state index contributed by atoms with van der Waals surface area (Å²) in [7, 11) is 0. The Kier molecular flexibility index (Phi) is 12.9. The number of hydrogen-bond acceptors (Lipinski definition) is 2. The highest BCUT2D eigenvalue weighted by atomic mass is 16.5. The van der Waals surface area contributed by atoms with E-state index >= 15 is 0 Å². The van der Waals surface area contributed by atoms with Gasteiger partial charge in [0.25, 0.3) is 0 Å². The first-order chi connectivity index (χ1) is 7.85. The maximum Gasteiger partial charge on any atom is 0.0575 e. The van der Waals surface area contributed by atoms with Gasteiger partial charge in [0.05, 0.1) is 6.10 Å². The lowest BCUT2D eigenvalue weighted by Crippen LogP contribution is -2.14. The van der Waals surface area contributed by atoms with Gasteiger partial charge >= 0.3 is 0 Å². The first kappa shape index (κ1) is 15.9. The number of rotatable bonds is 12. The normalized spacial score (nSPS) is 12.9. The van der Waals surface area contributed by atoms with Crippen molar-refractivity contribution in [2.45, 2.75) is 77.7 Å². The molecule has 0 saturated heterocycles. The Morgan fingerprint density at radius 3 is 2.19 bits per heavy atom. The summed E-state index contributed by atoms with van der Waals surface area (Å²) in [5.74, 6) is 0. The number of ether oxygens (including phenoxy) is 1. The second kappa shape index (κ2) is 13.0. The van der Waals surface area contributed by atoms with E-state index < -0.39 is 0 Å². The molecule has 0 aliphatic heterocycles. The Labute approximate surface area is 101 Å². The molecule has 0 aliphatic rings. The number of aliphatic hydroxyl groups is 1. The molecule has 2 heteroatoms. The molecule has 0 bridgehead atoms. The lowest BCUT2D eigenvalue weighted by atomic mass is 10.1. The van der Waals surface area contributed by atoms with Crippen LogP contribution in [-0.2, 0) is 4.74 Å². The van der Waals surface area contributed by atoms with Gasteiger partial charge in [-0.25, -0.2) is 0 Å². The van der Waals surface area contributed by atoms with Crippen molar-refractivity contribution in [3.8, 4) is 0 Å². The van der Waals surface area contributed by atoms with Crippen LogP contribution in [0.2, 0.25) is 0 Å². The zero-order chi connectivity index (χ0) is 12.1. The average Bonchev–Trinajstić information content (AvgIpc) is 2.31. The first-order valence-corrected chi connectivity index (χ1v) is 7.07.